The van der Waals surface area contributed by atoms with Crippen molar-refractivity contribution in [3.8, 4) is 0 Å². The number of guanidine groups is 1. The molecule has 0 bridgehead atoms. The second-order valence-corrected chi connectivity index (χ2v) is 4.72. The van der Waals surface area contributed by atoms with E-state index >= 15 is 0 Å². The SMILES string of the molecule is CN(CCCCCCOC(=O)c1ccccc1)C(=N)N. The predicted octanol–water partition coefficient (Wildman–Crippen LogP) is 2.23. The van der Waals surface area contributed by atoms with E-state index in [4.69, 9.17) is 15.9 Å². The van der Waals surface area contributed by atoms with Gasteiger partial charge in [0.15, 0.2) is 5.96 Å². The second-order valence-electron chi connectivity index (χ2n) is 4.72. The molecule has 0 saturated carbocycles. The molecule has 3 N–H and O–H groups in total. The maximum absolute atomic E-state index is 11.6. The van der Waals surface area contributed by atoms with Crippen LogP contribution in [0.1, 0.15) is 36.0 Å². The fourth-order valence-electron chi connectivity index (χ4n) is 1.75. The number of hydrogen-bond acceptors (Lipinski definition) is 3. The van der Waals surface area contributed by atoms with E-state index in [0.29, 0.717) is 12.2 Å². The summed E-state index contributed by atoms with van der Waals surface area (Å²) in [5.41, 5.74) is 5.93. The molecule has 20 heavy (non-hydrogen) atoms. The summed E-state index contributed by atoms with van der Waals surface area (Å²) in [6.45, 7) is 1.25. The quantitative estimate of drug-likeness (QED) is 0.330. The van der Waals surface area contributed by atoms with Crippen molar-refractivity contribution in [1.82, 2.24) is 4.90 Å². The van der Waals surface area contributed by atoms with Gasteiger partial charge in [0.25, 0.3) is 0 Å². The van der Waals surface area contributed by atoms with Crippen LogP contribution in [0.4, 0.5) is 0 Å². The van der Waals surface area contributed by atoms with Crippen LogP contribution in [0.15, 0.2) is 30.3 Å². The van der Waals surface area contributed by atoms with Crippen LogP contribution >= 0.6 is 0 Å². The van der Waals surface area contributed by atoms with Crippen LogP contribution < -0.4 is 5.73 Å². The van der Waals surface area contributed by atoms with Crippen molar-refractivity contribution in [2.45, 2.75) is 25.7 Å². The lowest BCUT2D eigenvalue weighted by molar-refractivity contribution is 0.0497. The summed E-state index contributed by atoms with van der Waals surface area (Å²) in [5, 5.41) is 7.22. The van der Waals surface area contributed by atoms with Gasteiger partial charge in [0.05, 0.1) is 12.2 Å². The maximum atomic E-state index is 11.6. The lowest BCUT2D eigenvalue weighted by Crippen LogP contribution is -2.33. The van der Waals surface area contributed by atoms with Gasteiger partial charge < -0.3 is 15.4 Å². The number of carbonyl (C=O) groups is 1. The van der Waals surface area contributed by atoms with Crippen LogP contribution in [0.3, 0.4) is 0 Å². The Labute approximate surface area is 120 Å². The number of nitrogens with zero attached hydrogens (tertiary/aromatic N) is 1. The smallest absolute Gasteiger partial charge is 0.338 e. The number of nitrogens with two attached hydrogens (primary N) is 1. The van der Waals surface area contributed by atoms with Crippen molar-refractivity contribution < 1.29 is 9.53 Å². The zero-order chi connectivity index (χ0) is 14.8. The first-order valence-electron chi connectivity index (χ1n) is 6.88. The largest absolute Gasteiger partial charge is 0.462 e. The highest BCUT2D eigenvalue weighted by molar-refractivity contribution is 5.89. The third kappa shape index (κ3) is 6.22. The van der Waals surface area contributed by atoms with Gasteiger partial charge in [0.2, 0.25) is 0 Å². The Balaban J connectivity index is 2.03. The van der Waals surface area contributed by atoms with Crippen molar-refractivity contribution in [2.24, 2.45) is 5.73 Å². The molecular weight excluding hydrogens is 254 g/mol. The average Bonchev–Trinajstić information content (AvgIpc) is 2.46. The van der Waals surface area contributed by atoms with Gasteiger partial charge in [-0.15, -0.1) is 0 Å². The molecule has 5 nitrogen and oxygen atoms in total. The fraction of sp³-hybridized carbons (Fsp3) is 0.467. The van der Waals surface area contributed by atoms with E-state index in [0.717, 1.165) is 32.2 Å². The Morgan fingerprint density at radius 1 is 1.20 bits per heavy atom. The summed E-state index contributed by atoms with van der Waals surface area (Å²) in [5.74, 6) is -0.163. The normalized spacial score (nSPS) is 10.1. The molecule has 0 amide bonds. The minimum atomic E-state index is -0.262. The Hall–Kier alpha value is -2.04. The molecule has 5 heteroatoms. The van der Waals surface area contributed by atoms with E-state index in [1.165, 1.54) is 0 Å². The van der Waals surface area contributed by atoms with Crippen LogP contribution in [-0.4, -0.2) is 37.0 Å². The zero-order valence-corrected chi connectivity index (χ0v) is 12.0. The zero-order valence-electron chi connectivity index (χ0n) is 12.0. The van der Waals surface area contributed by atoms with Gasteiger partial charge in [0.1, 0.15) is 0 Å². The monoisotopic (exact) mass is 277 g/mol. The summed E-state index contributed by atoms with van der Waals surface area (Å²) >= 11 is 0. The van der Waals surface area contributed by atoms with E-state index in [2.05, 4.69) is 0 Å². The Morgan fingerprint density at radius 2 is 1.85 bits per heavy atom. The van der Waals surface area contributed by atoms with E-state index < -0.39 is 0 Å². The number of ether oxygens (including phenoxy) is 1. The lowest BCUT2D eigenvalue weighted by atomic mass is 10.2. The van der Waals surface area contributed by atoms with Crippen LogP contribution in [0.5, 0.6) is 0 Å². The molecule has 0 aliphatic carbocycles. The van der Waals surface area contributed by atoms with E-state index in [9.17, 15) is 4.79 Å². The van der Waals surface area contributed by atoms with E-state index in [1.54, 1.807) is 17.0 Å². The molecule has 110 valence electrons. The molecule has 0 saturated heterocycles. The van der Waals surface area contributed by atoms with Gasteiger partial charge in [0, 0.05) is 13.6 Å². The van der Waals surface area contributed by atoms with Gasteiger partial charge in [-0.1, -0.05) is 24.6 Å². The Bertz CT molecular complexity index is 420. The standard InChI is InChI=1S/C15H23N3O2/c1-18(15(16)17)11-7-2-3-8-12-20-14(19)13-9-5-4-6-10-13/h4-6,9-10H,2-3,7-8,11-12H2,1H3,(H3,16,17). The number of benzene rings is 1. The molecule has 0 atom stereocenters. The first kappa shape index (κ1) is 16.0. The molecule has 0 radical (unpaired) electrons. The summed E-state index contributed by atoms with van der Waals surface area (Å²) in [6, 6.07) is 9.01. The van der Waals surface area contributed by atoms with Crippen molar-refractivity contribution in [2.75, 3.05) is 20.2 Å². The summed E-state index contributed by atoms with van der Waals surface area (Å²) < 4.78 is 5.19. The molecule has 0 aromatic heterocycles. The van der Waals surface area contributed by atoms with Gasteiger partial charge in [-0.3, -0.25) is 5.41 Å². The number of nitrogens with one attached hydrogen (secondary N) is 1. The molecule has 1 aromatic rings. The van der Waals surface area contributed by atoms with Crippen LogP contribution in [0.2, 0.25) is 0 Å². The first-order chi connectivity index (χ1) is 9.61. The van der Waals surface area contributed by atoms with Gasteiger partial charge in [-0.05, 0) is 31.4 Å². The minimum absolute atomic E-state index is 0.0989. The Morgan fingerprint density at radius 3 is 2.50 bits per heavy atom. The van der Waals surface area contributed by atoms with Gasteiger partial charge in [-0.25, -0.2) is 4.79 Å². The molecule has 1 rings (SSSR count). The van der Waals surface area contributed by atoms with Crippen molar-refractivity contribution >= 4 is 11.9 Å². The minimum Gasteiger partial charge on any atom is -0.462 e. The summed E-state index contributed by atoms with van der Waals surface area (Å²) in [7, 11) is 1.81. The average molecular weight is 277 g/mol. The number of unbranched alkanes of at least 4 members (excludes halogenated alkanes) is 3. The van der Waals surface area contributed by atoms with Gasteiger partial charge in [-0.2, -0.15) is 0 Å². The van der Waals surface area contributed by atoms with Crippen LogP contribution in [-0.2, 0) is 4.74 Å². The number of esters is 1. The first-order valence-corrected chi connectivity index (χ1v) is 6.88. The third-order valence-corrected chi connectivity index (χ3v) is 3.04. The highest BCUT2D eigenvalue weighted by Crippen LogP contribution is 2.04. The van der Waals surface area contributed by atoms with Crippen LogP contribution in [0, 0.1) is 5.41 Å². The molecule has 0 aliphatic rings. The molecule has 1 aromatic carbocycles. The molecule has 0 aliphatic heterocycles. The van der Waals surface area contributed by atoms with Crippen molar-refractivity contribution in [3.63, 3.8) is 0 Å². The number of hydrogen-bond donors (Lipinski definition) is 2. The van der Waals surface area contributed by atoms with Crippen LogP contribution in [0.25, 0.3) is 0 Å². The lowest BCUT2D eigenvalue weighted by Gasteiger charge is -2.15. The number of rotatable bonds is 8. The van der Waals surface area contributed by atoms with Gasteiger partial charge >= 0.3 is 5.97 Å². The van der Waals surface area contributed by atoms with E-state index in [-0.39, 0.29) is 11.9 Å². The third-order valence-electron chi connectivity index (χ3n) is 3.04. The van der Waals surface area contributed by atoms with Crippen molar-refractivity contribution in [3.05, 3.63) is 35.9 Å². The molecule has 0 heterocycles. The van der Waals surface area contributed by atoms with E-state index in [1.807, 2.05) is 25.2 Å². The maximum Gasteiger partial charge on any atom is 0.338 e. The molecular formula is C15H23N3O2. The van der Waals surface area contributed by atoms with Crippen molar-refractivity contribution in [1.29, 1.82) is 5.41 Å². The summed E-state index contributed by atoms with van der Waals surface area (Å²) in [6.07, 6.45) is 3.90. The molecule has 0 unspecified atom stereocenters. The Kier molecular flexibility index (Phi) is 7.17. The highest BCUT2D eigenvalue weighted by Gasteiger charge is 2.05. The predicted molar refractivity (Wildman–Crippen MR) is 79.7 cm³/mol. The summed E-state index contributed by atoms with van der Waals surface area (Å²) in [4.78, 5) is 13.3. The topological polar surface area (TPSA) is 79.4 Å². The molecule has 0 spiro atoms. The fourth-order valence-corrected chi connectivity index (χ4v) is 1.75. The highest BCUT2D eigenvalue weighted by atomic mass is 16.5. The molecule has 0 fully saturated rings. The number of carbonyl (C=O) groups excluding carboxylic acids is 1. The second kappa shape index (κ2) is 8.96.